The Morgan fingerprint density at radius 3 is 2.76 bits per heavy atom. The van der Waals surface area contributed by atoms with Crippen LogP contribution < -0.4 is 9.80 Å². The molecule has 6 nitrogen and oxygen atoms in total. The number of hydrogen-bond donors (Lipinski definition) is 0. The summed E-state index contributed by atoms with van der Waals surface area (Å²) in [6.07, 6.45) is 1.77. The summed E-state index contributed by atoms with van der Waals surface area (Å²) in [5.74, 6) is -1.25. The first kappa shape index (κ1) is 21.7. The van der Waals surface area contributed by atoms with Gasteiger partial charge < -0.3 is 4.90 Å². The van der Waals surface area contributed by atoms with E-state index in [1.54, 1.807) is 23.2 Å². The van der Waals surface area contributed by atoms with Gasteiger partial charge in [0.1, 0.15) is 5.82 Å². The molecule has 2 aromatic heterocycles. The second kappa shape index (κ2) is 8.99. The predicted octanol–water partition coefficient (Wildman–Crippen LogP) is 5.18. The van der Waals surface area contributed by atoms with Crippen molar-refractivity contribution >= 4 is 60.1 Å². The van der Waals surface area contributed by atoms with Gasteiger partial charge in [-0.05, 0) is 54.6 Å². The maximum atomic E-state index is 13.7. The number of anilines is 2. The molecule has 1 aliphatic heterocycles. The normalized spacial score (nSPS) is 15.9. The van der Waals surface area contributed by atoms with Gasteiger partial charge in [0.05, 0.1) is 28.4 Å². The number of rotatable bonds is 5. The number of carbonyl (C=O) groups excluding carboxylic acids is 2. The van der Waals surface area contributed by atoms with Crippen molar-refractivity contribution in [1.29, 1.82) is 0 Å². The van der Waals surface area contributed by atoms with Crippen molar-refractivity contribution in [3.05, 3.63) is 82.8 Å². The number of hydrogen-bond acceptors (Lipinski definition) is 5. The summed E-state index contributed by atoms with van der Waals surface area (Å²) < 4.78 is 15.2. The lowest BCUT2D eigenvalue weighted by atomic mass is 10.1. The standard InChI is InChI=1S/C24H18BrFN4O2S/c25-16-4-9-20-21(12-16)33-24(28-20)30(14-18-3-1-2-10-27-18)23(32)15-11-22(31)29(13-15)19-7-5-17(26)6-8-19/h1-10,12,15H,11,13-14H2. The van der Waals surface area contributed by atoms with Crippen molar-refractivity contribution < 1.29 is 14.0 Å². The number of thiazole rings is 1. The summed E-state index contributed by atoms with van der Waals surface area (Å²) in [6.45, 7) is 0.486. The minimum atomic E-state index is -0.537. The molecule has 1 saturated heterocycles. The minimum absolute atomic E-state index is 0.0887. The summed E-state index contributed by atoms with van der Waals surface area (Å²) in [6, 6.07) is 17.1. The average Bonchev–Trinajstić information content (AvgIpc) is 3.41. The fourth-order valence-corrected chi connectivity index (χ4v) is 5.38. The van der Waals surface area contributed by atoms with Gasteiger partial charge in [-0.15, -0.1) is 0 Å². The molecule has 33 heavy (non-hydrogen) atoms. The molecule has 1 aliphatic rings. The number of aromatic nitrogens is 2. The molecular formula is C24H18BrFN4O2S. The fourth-order valence-electron chi connectivity index (χ4n) is 3.86. The summed E-state index contributed by atoms with van der Waals surface area (Å²) >= 11 is 4.90. The highest BCUT2D eigenvalue weighted by Crippen LogP contribution is 2.34. The Labute approximate surface area is 201 Å². The summed E-state index contributed by atoms with van der Waals surface area (Å²) in [5.41, 5.74) is 2.11. The Hall–Kier alpha value is -3.17. The van der Waals surface area contributed by atoms with Gasteiger partial charge in [-0.25, -0.2) is 9.37 Å². The van der Waals surface area contributed by atoms with E-state index < -0.39 is 5.92 Å². The van der Waals surface area contributed by atoms with Crippen molar-refractivity contribution in [3.8, 4) is 0 Å². The second-order valence-corrected chi connectivity index (χ2v) is 9.66. The molecule has 1 fully saturated rings. The molecule has 1 atom stereocenters. The lowest BCUT2D eigenvalue weighted by Gasteiger charge is -2.23. The third-order valence-electron chi connectivity index (χ3n) is 5.49. The lowest BCUT2D eigenvalue weighted by molar-refractivity contribution is -0.124. The van der Waals surface area contributed by atoms with Gasteiger partial charge in [0.2, 0.25) is 11.8 Å². The van der Waals surface area contributed by atoms with Crippen LogP contribution in [0.1, 0.15) is 12.1 Å². The zero-order valence-electron chi connectivity index (χ0n) is 17.3. The Morgan fingerprint density at radius 2 is 2.00 bits per heavy atom. The molecule has 0 spiro atoms. The van der Waals surface area contributed by atoms with E-state index in [2.05, 4.69) is 25.9 Å². The molecule has 166 valence electrons. The van der Waals surface area contributed by atoms with E-state index in [0.29, 0.717) is 10.8 Å². The molecule has 3 heterocycles. The molecular weight excluding hydrogens is 507 g/mol. The third-order valence-corrected chi connectivity index (χ3v) is 7.03. The summed E-state index contributed by atoms with van der Waals surface area (Å²) in [4.78, 5) is 38.6. The van der Waals surface area contributed by atoms with Crippen molar-refractivity contribution in [1.82, 2.24) is 9.97 Å². The van der Waals surface area contributed by atoms with E-state index in [-0.39, 0.29) is 37.1 Å². The van der Waals surface area contributed by atoms with Gasteiger partial charge in [-0.3, -0.25) is 19.5 Å². The van der Waals surface area contributed by atoms with Gasteiger partial charge in [0.25, 0.3) is 0 Å². The number of fused-ring (bicyclic) bond motifs is 1. The van der Waals surface area contributed by atoms with Crippen LogP contribution in [0.15, 0.2) is 71.3 Å². The molecule has 0 bridgehead atoms. The van der Waals surface area contributed by atoms with Gasteiger partial charge in [0.15, 0.2) is 5.13 Å². The fraction of sp³-hybridized carbons (Fsp3) is 0.167. The molecule has 0 saturated carbocycles. The molecule has 0 N–H and O–H groups in total. The van der Waals surface area contributed by atoms with E-state index in [4.69, 9.17) is 0 Å². The Bertz CT molecular complexity index is 1330. The molecule has 4 aromatic rings. The van der Waals surface area contributed by atoms with E-state index >= 15 is 0 Å². The molecule has 0 radical (unpaired) electrons. The summed E-state index contributed by atoms with van der Waals surface area (Å²) in [5, 5.41) is 0.562. The van der Waals surface area contributed by atoms with Gasteiger partial charge in [-0.1, -0.05) is 33.3 Å². The van der Waals surface area contributed by atoms with Gasteiger partial charge >= 0.3 is 0 Å². The number of amides is 2. The highest BCUT2D eigenvalue weighted by molar-refractivity contribution is 9.10. The quantitative estimate of drug-likeness (QED) is 0.360. The van der Waals surface area contributed by atoms with Crippen LogP contribution in [0.25, 0.3) is 10.2 Å². The first-order chi connectivity index (χ1) is 16.0. The van der Waals surface area contributed by atoms with Gasteiger partial charge in [-0.2, -0.15) is 0 Å². The zero-order valence-corrected chi connectivity index (χ0v) is 19.7. The molecule has 2 amide bonds. The van der Waals surface area contributed by atoms with Crippen LogP contribution in [0.5, 0.6) is 0 Å². The minimum Gasteiger partial charge on any atom is -0.312 e. The predicted molar refractivity (Wildman–Crippen MR) is 130 cm³/mol. The zero-order chi connectivity index (χ0) is 22.9. The first-order valence-corrected chi connectivity index (χ1v) is 11.9. The highest BCUT2D eigenvalue weighted by Gasteiger charge is 2.38. The molecule has 9 heteroatoms. The number of nitrogens with zero attached hydrogens (tertiary/aromatic N) is 4. The van der Waals surface area contributed by atoms with Crippen LogP contribution in [0.4, 0.5) is 15.2 Å². The van der Waals surface area contributed by atoms with E-state index in [9.17, 15) is 14.0 Å². The van der Waals surface area contributed by atoms with E-state index in [1.165, 1.54) is 28.4 Å². The molecule has 5 rings (SSSR count). The molecule has 2 aromatic carbocycles. The van der Waals surface area contributed by atoms with E-state index in [0.717, 1.165) is 20.4 Å². The first-order valence-electron chi connectivity index (χ1n) is 10.3. The number of pyridine rings is 1. The monoisotopic (exact) mass is 524 g/mol. The van der Waals surface area contributed by atoms with Crippen LogP contribution in [-0.4, -0.2) is 28.3 Å². The number of carbonyl (C=O) groups is 2. The van der Waals surface area contributed by atoms with Crippen molar-refractivity contribution in [3.63, 3.8) is 0 Å². The summed E-state index contributed by atoms with van der Waals surface area (Å²) in [7, 11) is 0. The second-order valence-electron chi connectivity index (χ2n) is 7.74. The van der Waals surface area contributed by atoms with Crippen molar-refractivity contribution in [2.45, 2.75) is 13.0 Å². The van der Waals surface area contributed by atoms with E-state index in [1.807, 2.05) is 36.4 Å². The van der Waals surface area contributed by atoms with Crippen LogP contribution in [0.2, 0.25) is 0 Å². The largest absolute Gasteiger partial charge is 0.312 e. The average molecular weight is 525 g/mol. The Morgan fingerprint density at radius 1 is 1.18 bits per heavy atom. The van der Waals surface area contributed by atoms with Crippen LogP contribution in [0.3, 0.4) is 0 Å². The van der Waals surface area contributed by atoms with Crippen LogP contribution in [-0.2, 0) is 16.1 Å². The maximum Gasteiger partial charge on any atom is 0.234 e. The number of halogens is 2. The van der Waals surface area contributed by atoms with Crippen molar-refractivity contribution in [2.24, 2.45) is 5.92 Å². The number of benzene rings is 2. The Balaban J connectivity index is 1.46. The van der Waals surface area contributed by atoms with Crippen LogP contribution >= 0.6 is 27.3 Å². The van der Waals surface area contributed by atoms with Crippen molar-refractivity contribution in [2.75, 3.05) is 16.3 Å². The topological polar surface area (TPSA) is 66.4 Å². The van der Waals surface area contributed by atoms with Gasteiger partial charge in [0, 0.05) is 29.3 Å². The molecule has 0 aliphatic carbocycles. The smallest absolute Gasteiger partial charge is 0.234 e. The third kappa shape index (κ3) is 4.51. The maximum absolute atomic E-state index is 13.7. The highest BCUT2D eigenvalue weighted by atomic mass is 79.9. The SMILES string of the molecule is O=C1CC(C(=O)N(Cc2ccccn2)c2nc3ccc(Br)cc3s2)CN1c1ccc(F)cc1. The Kier molecular flexibility index (Phi) is 5.90. The lowest BCUT2D eigenvalue weighted by Crippen LogP contribution is -2.37. The van der Waals surface area contributed by atoms with Crippen LogP contribution in [0, 0.1) is 11.7 Å². The molecule has 1 unspecified atom stereocenters.